The average molecular weight is 428 g/mol. The van der Waals surface area contributed by atoms with Gasteiger partial charge < -0.3 is 10.6 Å². The molecule has 3 N–H and O–H groups in total. The quantitative estimate of drug-likeness (QED) is 0.444. The Morgan fingerprint density at radius 2 is 1.79 bits per heavy atom. The number of rotatable bonds is 8. The van der Waals surface area contributed by atoms with E-state index in [1.54, 1.807) is 30.3 Å². The summed E-state index contributed by atoms with van der Waals surface area (Å²) in [5.41, 5.74) is 0.282. The van der Waals surface area contributed by atoms with Crippen LogP contribution in [0.1, 0.15) is 11.1 Å². The van der Waals surface area contributed by atoms with Gasteiger partial charge in [-0.1, -0.05) is 12.1 Å². The molecule has 2 aromatic rings. The molecule has 7 nitrogen and oxygen atoms in total. The van der Waals surface area contributed by atoms with Gasteiger partial charge in [0, 0.05) is 31.0 Å². The average Bonchev–Trinajstić information content (AvgIpc) is 2.63. The molecule has 0 saturated heterocycles. The number of halogens is 3. The van der Waals surface area contributed by atoms with E-state index in [1.807, 2.05) is 0 Å². The second kappa shape index (κ2) is 9.41. The van der Waals surface area contributed by atoms with Gasteiger partial charge in [0.1, 0.15) is 5.82 Å². The second-order valence-corrected chi connectivity index (χ2v) is 7.73. The molecule has 156 valence electrons. The number of hydrogen-bond acceptors (Lipinski definition) is 5. The third-order valence-electron chi connectivity index (χ3n) is 3.46. The third kappa shape index (κ3) is 8.21. The number of nitrogens with zero attached hydrogens (tertiary/aromatic N) is 1. The van der Waals surface area contributed by atoms with Gasteiger partial charge in [-0.25, -0.2) is 13.4 Å². The summed E-state index contributed by atoms with van der Waals surface area (Å²) >= 11 is 0. The lowest BCUT2D eigenvalue weighted by atomic mass is 10.2. The van der Waals surface area contributed by atoms with Gasteiger partial charge in [0.25, 0.3) is 0 Å². The maximum atomic E-state index is 12.5. The van der Waals surface area contributed by atoms with Crippen molar-refractivity contribution < 1.29 is 26.4 Å². The van der Waals surface area contributed by atoms with Crippen LogP contribution in [0.3, 0.4) is 0 Å². The van der Waals surface area contributed by atoms with Crippen LogP contribution in [0, 0.1) is 0 Å². The minimum atomic E-state index is -4.43. The Hall–Kier alpha value is -3.08. The van der Waals surface area contributed by atoms with E-state index in [4.69, 9.17) is 0 Å². The molecule has 0 saturated carbocycles. The molecule has 0 radical (unpaired) electrons. The zero-order chi connectivity index (χ0) is 21.5. The van der Waals surface area contributed by atoms with Crippen LogP contribution < -0.4 is 15.4 Å². The second-order valence-electron chi connectivity index (χ2n) is 5.98. The molecule has 1 aromatic heterocycles. The highest BCUT2D eigenvalue weighted by molar-refractivity contribution is 7.92. The van der Waals surface area contributed by atoms with Crippen LogP contribution >= 0.6 is 0 Å². The number of nitrogens with one attached hydrogen (secondary N) is 3. The van der Waals surface area contributed by atoms with Crippen molar-refractivity contribution in [1.82, 2.24) is 10.3 Å². The van der Waals surface area contributed by atoms with Gasteiger partial charge in [0.05, 0.1) is 11.8 Å². The monoisotopic (exact) mass is 428 g/mol. The first-order valence-corrected chi connectivity index (χ1v) is 10.2. The topological polar surface area (TPSA) is 100 Å². The summed E-state index contributed by atoms with van der Waals surface area (Å²) in [4.78, 5) is 15.4. The van der Waals surface area contributed by atoms with E-state index in [0.717, 1.165) is 18.5 Å². The van der Waals surface area contributed by atoms with Crippen LogP contribution in [0.15, 0.2) is 48.7 Å². The molecule has 0 aliphatic carbocycles. The van der Waals surface area contributed by atoms with Gasteiger partial charge in [-0.3, -0.25) is 9.52 Å². The summed E-state index contributed by atoms with van der Waals surface area (Å²) in [7, 11) is -3.35. The minimum Gasteiger partial charge on any atom is -0.368 e. The molecule has 0 aliphatic rings. The number of aromatic nitrogens is 1. The standard InChI is InChI=1S/C18H19F3N4O3S/c1-29(27,28)25-15-6-2-13(3-7-15)4-9-17(26)23-11-10-22-16-8-5-14(12-24-16)18(19,20)21/h2-9,12,25H,10-11H2,1H3,(H,22,24)(H,23,26)/b9-4+. The number of sulfonamides is 1. The first kappa shape index (κ1) is 22.2. The van der Waals surface area contributed by atoms with Crippen LogP contribution in [0.2, 0.25) is 0 Å². The number of alkyl halides is 3. The molecule has 0 aliphatic heterocycles. The zero-order valence-corrected chi connectivity index (χ0v) is 16.1. The van der Waals surface area contributed by atoms with Gasteiger partial charge in [-0.15, -0.1) is 0 Å². The molecule has 2 rings (SSSR count). The fourth-order valence-corrected chi connectivity index (χ4v) is 2.71. The molecule has 1 heterocycles. The lowest BCUT2D eigenvalue weighted by molar-refractivity contribution is -0.137. The van der Waals surface area contributed by atoms with Crippen LogP contribution in [0.5, 0.6) is 0 Å². The van der Waals surface area contributed by atoms with Gasteiger partial charge in [0.15, 0.2) is 0 Å². The molecule has 11 heteroatoms. The van der Waals surface area contributed by atoms with E-state index in [0.29, 0.717) is 11.3 Å². The third-order valence-corrected chi connectivity index (χ3v) is 4.07. The van der Waals surface area contributed by atoms with E-state index >= 15 is 0 Å². The fourth-order valence-electron chi connectivity index (χ4n) is 2.15. The van der Waals surface area contributed by atoms with Crippen molar-refractivity contribution in [2.75, 3.05) is 29.4 Å². The predicted octanol–water partition coefficient (Wildman–Crippen LogP) is 2.71. The molecule has 0 atom stereocenters. The lowest BCUT2D eigenvalue weighted by Gasteiger charge is -2.08. The Morgan fingerprint density at radius 1 is 1.10 bits per heavy atom. The van der Waals surface area contributed by atoms with E-state index in [2.05, 4.69) is 20.3 Å². The molecular weight excluding hydrogens is 409 g/mol. The smallest absolute Gasteiger partial charge is 0.368 e. The van der Waals surface area contributed by atoms with Crippen LogP contribution in [0.4, 0.5) is 24.7 Å². The van der Waals surface area contributed by atoms with Gasteiger partial charge in [-0.2, -0.15) is 13.2 Å². The first-order chi connectivity index (χ1) is 13.5. The highest BCUT2D eigenvalue weighted by atomic mass is 32.2. The summed E-state index contributed by atoms with van der Waals surface area (Å²) in [5, 5.41) is 5.42. The molecule has 0 unspecified atom stereocenters. The number of hydrogen-bond donors (Lipinski definition) is 3. The number of benzene rings is 1. The van der Waals surface area contributed by atoms with Gasteiger partial charge in [0.2, 0.25) is 15.9 Å². The zero-order valence-electron chi connectivity index (χ0n) is 15.3. The van der Waals surface area contributed by atoms with Crippen LogP contribution in [-0.4, -0.2) is 38.7 Å². The number of carbonyl (C=O) groups is 1. The number of anilines is 2. The summed E-state index contributed by atoms with van der Waals surface area (Å²) in [5.74, 6) is -0.0869. The molecule has 0 bridgehead atoms. The largest absolute Gasteiger partial charge is 0.417 e. The van der Waals surface area contributed by atoms with Gasteiger partial charge in [-0.05, 0) is 35.9 Å². The summed E-state index contributed by atoms with van der Waals surface area (Å²) in [6, 6.07) is 8.57. The van der Waals surface area contributed by atoms with Crippen molar-refractivity contribution in [3.05, 3.63) is 59.8 Å². The SMILES string of the molecule is CS(=O)(=O)Nc1ccc(/C=C/C(=O)NCCNc2ccc(C(F)(F)F)cn2)cc1. The first-order valence-electron chi connectivity index (χ1n) is 8.34. The van der Waals surface area contributed by atoms with Crippen molar-refractivity contribution in [3.63, 3.8) is 0 Å². The Labute approximate surface area is 166 Å². The minimum absolute atomic E-state index is 0.239. The maximum absolute atomic E-state index is 12.5. The normalized spacial score (nSPS) is 12.0. The van der Waals surface area contributed by atoms with Crippen LogP contribution in [-0.2, 0) is 21.0 Å². The van der Waals surface area contributed by atoms with E-state index in [1.165, 1.54) is 12.1 Å². The number of carbonyl (C=O) groups excluding carboxylic acids is 1. The van der Waals surface area contributed by atoms with Crippen LogP contribution in [0.25, 0.3) is 6.08 Å². The molecule has 0 spiro atoms. The van der Waals surface area contributed by atoms with Crippen molar-refractivity contribution in [2.45, 2.75) is 6.18 Å². The lowest BCUT2D eigenvalue weighted by Crippen LogP contribution is -2.27. The summed E-state index contributed by atoms with van der Waals surface area (Å²) in [6.07, 6.45) is 0.226. The number of pyridine rings is 1. The highest BCUT2D eigenvalue weighted by Crippen LogP contribution is 2.28. The predicted molar refractivity (Wildman–Crippen MR) is 105 cm³/mol. The summed E-state index contributed by atoms with van der Waals surface area (Å²) in [6.45, 7) is 0.521. The Kier molecular flexibility index (Phi) is 7.21. The maximum Gasteiger partial charge on any atom is 0.417 e. The highest BCUT2D eigenvalue weighted by Gasteiger charge is 2.30. The summed E-state index contributed by atoms with van der Waals surface area (Å²) < 4.78 is 62.0. The van der Waals surface area contributed by atoms with Crippen molar-refractivity contribution >= 4 is 33.5 Å². The molecule has 1 amide bonds. The van der Waals surface area contributed by atoms with E-state index in [9.17, 15) is 26.4 Å². The Bertz CT molecular complexity index is 957. The Balaban J connectivity index is 1.74. The van der Waals surface area contributed by atoms with Crippen molar-refractivity contribution in [1.29, 1.82) is 0 Å². The van der Waals surface area contributed by atoms with E-state index < -0.39 is 21.8 Å². The van der Waals surface area contributed by atoms with E-state index in [-0.39, 0.29) is 24.8 Å². The molecule has 29 heavy (non-hydrogen) atoms. The molecular formula is C18H19F3N4O3S. The molecule has 1 aromatic carbocycles. The van der Waals surface area contributed by atoms with Crippen molar-refractivity contribution in [3.8, 4) is 0 Å². The van der Waals surface area contributed by atoms with Gasteiger partial charge >= 0.3 is 6.18 Å². The molecule has 0 fully saturated rings. The number of amides is 1. The fraction of sp³-hybridized carbons (Fsp3) is 0.222. The van der Waals surface area contributed by atoms with Crippen molar-refractivity contribution in [2.24, 2.45) is 0 Å². The Morgan fingerprint density at radius 3 is 2.34 bits per heavy atom.